The largest absolute Gasteiger partial charge is 0.475 e. The molecule has 88 valence electrons. The third kappa shape index (κ3) is 2.47. The van der Waals surface area contributed by atoms with Gasteiger partial charge in [-0.15, -0.1) is 0 Å². The number of aromatic amines is 1. The van der Waals surface area contributed by atoms with Crippen molar-refractivity contribution in [3.8, 4) is 17.3 Å². The lowest BCUT2D eigenvalue weighted by molar-refractivity contribution is 0.256. The third-order valence-corrected chi connectivity index (χ3v) is 2.67. The minimum Gasteiger partial charge on any atom is -0.475 e. The highest BCUT2D eigenvalue weighted by molar-refractivity contribution is 5.56. The van der Waals surface area contributed by atoms with Crippen LogP contribution >= 0.6 is 0 Å². The van der Waals surface area contributed by atoms with Crippen LogP contribution in [0.3, 0.4) is 0 Å². The van der Waals surface area contributed by atoms with Crippen LogP contribution in [0.4, 0.5) is 0 Å². The van der Waals surface area contributed by atoms with Crippen LogP contribution in [0.15, 0.2) is 30.5 Å². The molecule has 4 heteroatoms. The number of hydrogen-bond acceptors (Lipinski definition) is 3. The fourth-order valence-electron chi connectivity index (χ4n) is 1.66. The van der Waals surface area contributed by atoms with Crippen molar-refractivity contribution in [2.24, 2.45) is 0 Å². The van der Waals surface area contributed by atoms with Gasteiger partial charge < -0.3 is 14.5 Å². The molecular weight excluding hydrogens is 216 g/mol. The first kappa shape index (κ1) is 10.4. The SMILES string of the molecule is Cc1cccc(-c2ncc(OCC3CO3)[nH]2)c1. The zero-order valence-electron chi connectivity index (χ0n) is 9.64. The Balaban J connectivity index is 1.74. The van der Waals surface area contributed by atoms with E-state index in [0.29, 0.717) is 12.5 Å². The molecule has 2 aromatic rings. The Hall–Kier alpha value is -1.81. The Bertz CT molecular complexity index is 518. The molecule has 1 atom stereocenters. The predicted molar refractivity (Wildman–Crippen MR) is 64.0 cm³/mol. The lowest BCUT2D eigenvalue weighted by Crippen LogP contribution is -2.03. The summed E-state index contributed by atoms with van der Waals surface area (Å²) in [4.78, 5) is 7.46. The van der Waals surface area contributed by atoms with Crippen molar-refractivity contribution in [2.45, 2.75) is 13.0 Å². The maximum atomic E-state index is 5.52. The smallest absolute Gasteiger partial charge is 0.211 e. The fraction of sp³-hybridized carbons (Fsp3) is 0.308. The molecule has 0 bridgehead atoms. The van der Waals surface area contributed by atoms with Crippen molar-refractivity contribution in [1.82, 2.24) is 9.97 Å². The maximum absolute atomic E-state index is 5.52. The Kier molecular flexibility index (Phi) is 2.57. The molecule has 4 nitrogen and oxygen atoms in total. The highest BCUT2D eigenvalue weighted by Gasteiger charge is 2.23. The molecule has 17 heavy (non-hydrogen) atoms. The Labute approximate surface area is 99.6 Å². The third-order valence-electron chi connectivity index (χ3n) is 2.67. The highest BCUT2D eigenvalue weighted by Crippen LogP contribution is 2.20. The molecular formula is C13H14N2O2. The van der Waals surface area contributed by atoms with Gasteiger partial charge in [0.15, 0.2) is 0 Å². The number of nitrogens with one attached hydrogen (secondary N) is 1. The van der Waals surface area contributed by atoms with Crippen molar-refractivity contribution < 1.29 is 9.47 Å². The number of hydrogen-bond donors (Lipinski definition) is 1. The molecule has 0 saturated carbocycles. The van der Waals surface area contributed by atoms with Gasteiger partial charge in [-0.3, -0.25) is 0 Å². The van der Waals surface area contributed by atoms with Gasteiger partial charge in [0.25, 0.3) is 0 Å². The molecule has 1 fully saturated rings. The van der Waals surface area contributed by atoms with Gasteiger partial charge in [0.05, 0.1) is 12.8 Å². The minimum atomic E-state index is 0.265. The summed E-state index contributed by atoms with van der Waals surface area (Å²) in [5.74, 6) is 1.53. The van der Waals surface area contributed by atoms with Gasteiger partial charge in [-0.2, -0.15) is 0 Å². The molecule has 1 aliphatic rings. The van der Waals surface area contributed by atoms with E-state index in [9.17, 15) is 0 Å². The summed E-state index contributed by atoms with van der Waals surface area (Å²) in [6.07, 6.45) is 1.97. The van der Waals surface area contributed by atoms with Gasteiger partial charge in [0, 0.05) is 5.56 Å². The number of aromatic nitrogens is 2. The van der Waals surface area contributed by atoms with Crippen molar-refractivity contribution in [1.29, 1.82) is 0 Å². The molecule has 0 spiro atoms. The van der Waals surface area contributed by atoms with Crippen LogP contribution in [0, 0.1) is 6.92 Å². The van der Waals surface area contributed by atoms with E-state index >= 15 is 0 Å². The first-order valence-electron chi connectivity index (χ1n) is 5.68. The average molecular weight is 230 g/mol. The van der Waals surface area contributed by atoms with Crippen LogP contribution in [0.5, 0.6) is 5.88 Å². The second kappa shape index (κ2) is 4.22. The molecule has 0 amide bonds. The van der Waals surface area contributed by atoms with E-state index in [-0.39, 0.29) is 6.10 Å². The number of ether oxygens (including phenoxy) is 2. The normalized spacial score (nSPS) is 18.1. The number of benzene rings is 1. The van der Waals surface area contributed by atoms with Crippen LogP contribution in [-0.4, -0.2) is 29.3 Å². The summed E-state index contributed by atoms with van der Waals surface area (Å²) in [7, 11) is 0. The summed E-state index contributed by atoms with van der Waals surface area (Å²) < 4.78 is 10.6. The first-order chi connectivity index (χ1) is 8.31. The molecule has 1 unspecified atom stereocenters. The van der Waals surface area contributed by atoms with E-state index < -0.39 is 0 Å². The number of epoxide rings is 1. The molecule has 1 aromatic heterocycles. The van der Waals surface area contributed by atoms with Crippen molar-refractivity contribution in [2.75, 3.05) is 13.2 Å². The van der Waals surface area contributed by atoms with Crippen LogP contribution in [0.2, 0.25) is 0 Å². The van der Waals surface area contributed by atoms with Crippen LogP contribution in [-0.2, 0) is 4.74 Å². The van der Waals surface area contributed by atoms with Gasteiger partial charge in [-0.1, -0.05) is 23.8 Å². The van der Waals surface area contributed by atoms with Crippen LogP contribution < -0.4 is 4.74 Å². The lowest BCUT2D eigenvalue weighted by atomic mass is 10.1. The molecule has 1 aromatic carbocycles. The van der Waals surface area contributed by atoms with Crippen molar-refractivity contribution in [3.05, 3.63) is 36.0 Å². The second-order valence-corrected chi connectivity index (χ2v) is 4.23. The number of rotatable bonds is 4. The highest BCUT2D eigenvalue weighted by atomic mass is 16.6. The Morgan fingerprint density at radius 2 is 2.41 bits per heavy atom. The summed E-state index contributed by atoms with van der Waals surface area (Å²) in [5, 5.41) is 0. The minimum absolute atomic E-state index is 0.265. The van der Waals surface area contributed by atoms with Crippen molar-refractivity contribution in [3.63, 3.8) is 0 Å². The molecule has 1 aliphatic heterocycles. The predicted octanol–water partition coefficient (Wildman–Crippen LogP) is 2.16. The number of H-pyrrole nitrogens is 1. The van der Waals surface area contributed by atoms with E-state index in [1.54, 1.807) is 6.20 Å². The quantitative estimate of drug-likeness (QED) is 0.819. The van der Waals surface area contributed by atoms with E-state index in [0.717, 1.165) is 18.0 Å². The summed E-state index contributed by atoms with van der Waals surface area (Å²) in [6, 6.07) is 8.20. The molecule has 3 rings (SSSR count). The summed E-state index contributed by atoms with van der Waals surface area (Å²) in [5.41, 5.74) is 2.29. The number of aryl methyl sites for hydroxylation is 1. The fourth-order valence-corrected chi connectivity index (χ4v) is 1.66. The molecule has 1 saturated heterocycles. The first-order valence-corrected chi connectivity index (χ1v) is 5.68. The second-order valence-electron chi connectivity index (χ2n) is 4.23. The van der Waals surface area contributed by atoms with Crippen LogP contribution in [0.25, 0.3) is 11.4 Å². The summed E-state index contributed by atoms with van der Waals surface area (Å²) in [6.45, 7) is 3.46. The van der Waals surface area contributed by atoms with E-state index in [1.807, 2.05) is 12.1 Å². The van der Waals surface area contributed by atoms with E-state index in [4.69, 9.17) is 9.47 Å². The zero-order valence-corrected chi connectivity index (χ0v) is 9.64. The van der Waals surface area contributed by atoms with Gasteiger partial charge in [-0.25, -0.2) is 4.98 Å². The van der Waals surface area contributed by atoms with E-state index in [1.165, 1.54) is 5.56 Å². The number of imidazole rings is 1. The summed E-state index contributed by atoms with van der Waals surface area (Å²) >= 11 is 0. The van der Waals surface area contributed by atoms with Gasteiger partial charge in [0.1, 0.15) is 18.5 Å². The molecule has 0 radical (unpaired) electrons. The van der Waals surface area contributed by atoms with Gasteiger partial charge in [0.2, 0.25) is 5.88 Å². The Morgan fingerprint density at radius 1 is 1.53 bits per heavy atom. The maximum Gasteiger partial charge on any atom is 0.211 e. The molecule has 0 aliphatic carbocycles. The average Bonchev–Trinajstić information content (AvgIpc) is 3.04. The van der Waals surface area contributed by atoms with E-state index in [2.05, 4.69) is 29.0 Å². The molecule has 2 heterocycles. The van der Waals surface area contributed by atoms with Gasteiger partial charge in [-0.05, 0) is 13.0 Å². The Morgan fingerprint density at radius 3 is 3.18 bits per heavy atom. The van der Waals surface area contributed by atoms with Crippen molar-refractivity contribution >= 4 is 0 Å². The standard InChI is InChI=1S/C13H14N2O2/c1-9-3-2-4-10(5-9)13-14-6-12(15-13)17-8-11-7-16-11/h2-6,11H,7-8H2,1H3,(H,14,15). The molecule has 1 N–H and O–H groups in total. The van der Waals surface area contributed by atoms with Gasteiger partial charge >= 0.3 is 0 Å². The zero-order chi connectivity index (χ0) is 11.7. The lowest BCUT2D eigenvalue weighted by Gasteiger charge is -2.00. The monoisotopic (exact) mass is 230 g/mol. The number of nitrogens with zero attached hydrogens (tertiary/aromatic N) is 1. The van der Waals surface area contributed by atoms with Crippen LogP contribution in [0.1, 0.15) is 5.56 Å². The topological polar surface area (TPSA) is 50.4 Å².